The summed E-state index contributed by atoms with van der Waals surface area (Å²) in [5.74, 6) is 0.535. The van der Waals surface area contributed by atoms with Gasteiger partial charge in [-0.1, -0.05) is 12.1 Å². The molecule has 0 saturated carbocycles. The van der Waals surface area contributed by atoms with Gasteiger partial charge in [-0.25, -0.2) is 15.0 Å². The second-order valence-electron chi connectivity index (χ2n) is 6.59. The van der Waals surface area contributed by atoms with E-state index in [0.717, 1.165) is 21.5 Å². The zero-order valence-corrected chi connectivity index (χ0v) is 16.5. The number of aliphatic hydroxyl groups excluding tert-OH is 2. The van der Waals surface area contributed by atoms with Crippen LogP contribution in [0.1, 0.15) is 18.5 Å². The number of nitrogens with one attached hydrogen (secondary N) is 1. The summed E-state index contributed by atoms with van der Waals surface area (Å²) >= 11 is 1.57. The van der Waals surface area contributed by atoms with E-state index in [-0.39, 0.29) is 6.01 Å². The number of ether oxygens (including phenoxy) is 1. The molecule has 0 saturated heterocycles. The molecule has 3 N–H and O–H groups in total. The molecule has 0 amide bonds. The van der Waals surface area contributed by atoms with Crippen LogP contribution in [0.15, 0.2) is 66.4 Å². The zero-order valence-electron chi connectivity index (χ0n) is 15.6. The van der Waals surface area contributed by atoms with Crippen molar-refractivity contribution in [1.82, 2.24) is 15.0 Å². The molecule has 29 heavy (non-hydrogen) atoms. The van der Waals surface area contributed by atoms with E-state index in [0.29, 0.717) is 5.75 Å². The number of rotatable bonds is 7. The molecule has 0 bridgehead atoms. The summed E-state index contributed by atoms with van der Waals surface area (Å²) in [5.41, 5.74) is 4.22. The minimum absolute atomic E-state index is 0.235. The van der Waals surface area contributed by atoms with Gasteiger partial charge in [-0.2, -0.15) is 0 Å². The molecule has 3 atom stereocenters. The van der Waals surface area contributed by atoms with Crippen LogP contribution in [-0.2, 0) is 0 Å². The number of aliphatic hydroxyl groups is 2. The van der Waals surface area contributed by atoms with Crippen LogP contribution in [0.5, 0.6) is 11.8 Å². The third kappa shape index (κ3) is 4.51. The third-order valence-corrected chi connectivity index (χ3v) is 5.27. The quantitative estimate of drug-likeness (QED) is 0.428. The monoisotopic (exact) mass is 408 g/mol. The summed E-state index contributed by atoms with van der Waals surface area (Å²) in [6.45, 7) is 1.56. The van der Waals surface area contributed by atoms with Crippen molar-refractivity contribution in [3.8, 4) is 11.8 Å². The minimum Gasteiger partial charge on any atom is -0.424 e. The van der Waals surface area contributed by atoms with Gasteiger partial charge in [-0.3, -0.25) is 0 Å². The molecule has 2 heterocycles. The van der Waals surface area contributed by atoms with Crippen LogP contribution in [-0.4, -0.2) is 37.4 Å². The Morgan fingerprint density at radius 2 is 1.83 bits per heavy atom. The van der Waals surface area contributed by atoms with Crippen LogP contribution in [0, 0.1) is 0 Å². The van der Waals surface area contributed by atoms with Crippen LogP contribution in [0.2, 0.25) is 0 Å². The molecular weight excluding hydrogens is 388 g/mol. The van der Waals surface area contributed by atoms with Crippen molar-refractivity contribution in [2.75, 3.05) is 5.32 Å². The maximum Gasteiger partial charge on any atom is 0.321 e. The second kappa shape index (κ2) is 8.52. The fourth-order valence-electron chi connectivity index (χ4n) is 2.99. The Morgan fingerprint density at radius 1 is 1.00 bits per heavy atom. The zero-order chi connectivity index (χ0) is 20.2. The van der Waals surface area contributed by atoms with Crippen LogP contribution >= 0.6 is 11.3 Å². The Labute approximate surface area is 171 Å². The summed E-state index contributed by atoms with van der Waals surface area (Å²) in [6.07, 6.45) is 1.23. The number of aromatic nitrogens is 3. The molecule has 2 aromatic carbocycles. The van der Waals surface area contributed by atoms with Crippen LogP contribution in [0.4, 0.5) is 5.69 Å². The lowest BCUT2D eigenvalue weighted by Gasteiger charge is -2.27. The molecule has 0 fully saturated rings. The molecule has 2 aromatic heterocycles. The molecule has 8 heteroatoms. The summed E-state index contributed by atoms with van der Waals surface area (Å²) in [5, 5.41) is 24.0. The number of hydrogen-bond acceptors (Lipinski definition) is 8. The molecule has 4 rings (SSSR count). The highest BCUT2D eigenvalue weighted by molar-refractivity contribution is 7.16. The van der Waals surface area contributed by atoms with E-state index in [4.69, 9.17) is 4.74 Å². The first-order valence-electron chi connectivity index (χ1n) is 9.11. The molecule has 0 spiro atoms. The highest BCUT2D eigenvalue weighted by atomic mass is 32.1. The van der Waals surface area contributed by atoms with Crippen molar-refractivity contribution in [3.63, 3.8) is 0 Å². The van der Waals surface area contributed by atoms with Crippen molar-refractivity contribution in [2.24, 2.45) is 0 Å². The summed E-state index contributed by atoms with van der Waals surface area (Å²) in [4.78, 5) is 12.5. The highest BCUT2D eigenvalue weighted by Crippen LogP contribution is 2.30. The molecule has 0 aliphatic rings. The predicted octanol–water partition coefficient (Wildman–Crippen LogP) is 3.77. The first kappa shape index (κ1) is 19.3. The van der Waals surface area contributed by atoms with Crippen molar-refractivity contribution in [1.29, 1.82) is 0 Å². The molecule has 0 aliphatic heterocycles. The second-order valence-corrected chi connectivity index (χ2v) is 7.48. The molecule has 0 aliphatic carbocycles. The van der Waals surface area contributed by atoms with E-state index in [1.165, 1.54) is 0 Å². The number of anilines is 1. The highest BCUT2D eigenvalue weighted by Gasteiger charge is 2.26. The van der Waals surface area contributed by atoms with Crippen LogP contribution in [0.3, 0.4) is 0 Å². The Kier molecular flexibility index (Phi) is 5.66. The minimum atomic E-state index is -1.04. The summed E-state index contributed by atoms with van der Waals surface area (Å²) < 4.78 is 6.79. The number of benzene rings is 2. The Morgan fingerprint density at radius 3 is 2.62 bits per heavy atom. The van der Waals surface area contributed by atoms with E-state index in [1.54, 1.807) is 54.4 Å². The van der Waals surface area contributed by atoms with Gasteiger partial charge in [0.25, 0.3) is 0 Å². The Bertz CT molecular complexity index is 1090. The molecule has 0 radical (unpaired) electrons. The Hall–Kier alpha value is -3.07. The van der Waals surface area contributed by atoms with Gasteiger partial charge in [0.05, 0.1) is 27.9 Å². The fourth-order valence-corrected chi connectivity index (χ4v) is 3.65. The molecule has 148 valence electrons. The van der Waals surface area contributed by atoms with E-state index in [9.17, 15) is 10.2 Å². The van der Waals surface area contributed by atoms with E-state index in [2.05, 4.69) is 20.3 Å². The van der Waals surface area contributed by atoms with Crippen molar-refractivity contribution in [2.45, 2.75) is 25.2 Å². The summed E-state index contributed by atoms with van der Waals surface area (Å²) in [7, 11) is 0. The molecule has 0 unspecified atom stereocenters. The van der Waals surface area contributed by atoms with Gasteiger partial charge in [0.1, 0.15) is 11.9 Å². The van der Waals surface area contributed by atoms with Gasteiger partial charge in [0.15, 0.2) is 0 Å². The summed E-state index contributed by atoms with van der Waals surface area (Å²) in [6, 6.07) is 14.5. The largest absolute Gasteiger partial charge is 0.424 e. The smallest absolute Gasteiger partial charge is 0.321 e. The SMILES string of the molecule is C[C@H](O)[C@@H](O)[C@H](Nc1ccc2scnc2c1)c1cccc(Oc2ncccn2)c1. The normalized spacial score (nSPS) is 14.3. The number of thiazole rings is 1. The lowest BCUT2D eigenvalue weighted by Crippen LogP contribution is -2.34. The average molecular weight is 408 g/mol. The number of nitrogens with zero attached hydrogens (tertiary/aromatic N) is 3. The maximum atomic E-state index is 10.7. The topological polar surface area (TPSA) is 100 Å². The van der Waals surface area contributed by atoms with E-state index >= 15 is 0 Å². The number of fused-ring (bicyclic) bond motifs is 1. The van der Waals surface area contributed by atoms with Crippen molar-refractivity contribution < 1.29 is 14.9 Å². The fraction of sp³-hybridized carbons (Fsp3) is 0.190. The van der Waals surface area contributed by atoms with E-state index < -0.39 is 18.2 Å². The van der Waals surface area contributed by atoms with Crippen LogP contribution in [0.25, 0.3) is 10.2 Å². The predicted molar refractivity (Wildman–Crippen MR) is 112 cm³/mol. The number of hydrogen-bond donors (Lipinski definition) is 3. The maximum absolute atomic E-state index is 10.7. The molecule has 7 nitrogen and oxygen atoms in total. The molecular formula is C21H20N4O3S. The lowest BCUT2D eigenvalue weighted by molar-refractivity contribution is 0.0190. The van der Waals surface area contributed by atoms with Gasteiger partial charge in [-0.15, -0.1) is 11.3 Å². The first-order valence-corrected chi connectivity index (χ1v) is 9.99. The van der Waals surface area contributed by atoms with Crippen molar-refractivity contribution >= 4 is 27.2 Å². The average Bonchev–Trinajstić information content (AvgIpc) is 3.20. The lowest BCUT2D eigenvalue weighted by atomic mass is 9.97. The van der Waals surface area contributed by atoms with Gasteiger partial charge in [0.2, 0.25) is 0 Å². The first-order chi connectivity index (χ1) is 14.1. The third-order valence-electron chi connectivity index (χ3n) is 4.46. The molecule has 4 aromatic rings. The van der Waals surface area contributed by atoms with Gasteiger partial charge in [0, 0.05) is 18.1 Å². The standard InChI is InChI=1S/C21H20N4O3S/c1-13(26)20(27)19(25-15-6-7-18-17(11-15)24-12-29-18)14-4-2-5-16(10-14)28-21-22-8-3-9-23-21/h2-13,19-20,25-27H,1H3/t13-,19+,20+/m0/s1. The Balaban J connectivity index is 1.63. The van der Waals surface area contributed by atoms with Crippen molar-refractivity contribution in [3.05, 3.63) is 72.0 Å². The van der Waals surface area contributed by atoms with Gasteiger partial charge < -0.3 is 20.3 Å². The van der Waals surface area contributed by atoms with Gasteiger partial charge >= 0.3 is 6.01 Å². The van der Waals surface area contributed by atoms with Gasteiger partial charge in [-0.05, 0) is 48.9 Å². The van der Waals surface area contributed by atoms with Crippen LogP contribution < -0.4 is 10.1 Å². The van der Waals surface area contributed by atoms with E-state index in [1.807, 2.05) is 30.3 Å².